The minimum Gasteiger partial charge on any atom is -0.391 e. The fourth-order valence-electron chi connectivity index (χ4n) is 0.236. The van der Waals surface area contributed by atoms with Crippen molar-refractivity contribution >= 4 is 7.60 Å². The van der Waals surface area contributed by atoms with Crippen LogP contribution in [0.3, 0.4) is 0 Å². The lowest BCUT2D eigenvalue weighted by molar-refractivity contribution is -0.113. The first-order valence-electron chi connectivity index (χ1n) is 2.41. The Morgan fingerprint density at radius 1 is 1.50 bits per heavy atom. The van der Waals surface area contributed by atoms with Crippen LogP contribution in [0.4, 0.5) is 0 Å². The number of hydrogen-bond acceptors (Lipinski definition) is 4. The molecule has 0 spiro atoms. The zero-order valence-electron chi connectivity index (χ0n) is 5.04. The Hall–Kier alpha value is 0.0300. The Kier molecular flexibility index (Phi) is 4.04. The molecule has 0 rings (SSSR count). The van der Waals surface area contributed by atoms with Crippen molar-refractivity contribution in [3.8, 4) is 0 Å². The first-order valence-corrected chi connectivity index (χ1v) is 4.20. The van der Waals surface area contributed by atoms with Gasteiger partial charge in [-0.3, -0.25) is 4.57 Å². The Bertz CT molecular complexity index is 129. The van der Waals surface area contributed by atoms with Crippen LogP contribution in [-0.4, -0.2) is 39.2 Å². The van der Waals surface area contributed by atoms with Crippen molar-refractivity contribution in [2.24, 2.45) is 0 Å². The lowest BCUT2D eigenvalue weighted by atomic mass is 10.7. The van der Waals surface area contributed by atoms with Gasteiger partial charge in [0.25, 0.3) is 0 Å². The summed E-state index contributed by atoms with van der Waals surface area (Å²) in [5.74, 6) is 0. The minimum atomic E-state index is -4.23. The molecule has 0 bridgehead atoms. The Morgan fingerprint density at radius 2 is 2.00 bits per heavy atom. The van der Waals surface area contributed by atoms with Crippen LogP contribution in [0.15, 0.2) is 0 Å². The van der Waals surface area contributed by atoms with Crippen LogP contribution in [-0.2, 0) is 9.30 Å². The van der Waals surface area contributed by atoms with Crippen molar-refractivity contribution in [1.82, 2.24) is 0 Å². The molecule has 0 aromatic carbocycles. The first-order chi connectivity index (χ1) is 4.45. The highest BCUT2D eigenvalue weighted by Gasteiger charge is 2.15. The van der Waals surface area contributed by atoms with Crippen molar-refractivity contribution in [1.29, 1.82) is 0 Å². The van der Waals surface area contributed by atoms with Crippen molar-refractivity contribution in [3.05, 3.63) is 0 Å². The van der Waals surface area contributed by atoms with Gasteiger partial charge in [0, 0.05) is 0 Å². The standard InChI is InChI=1S/C3H9O6P/c4-1-3(5)9-2-10(6,7)8/h3-5H,1-2H2,(H2,6,7,8). The van der Waals surface area contributed by atoms with E-state index >= 15 is 0 Å². The van der Waals surface area contributed by atoms with E-state index in [2.05, 4.69) is 4.74 Å². The lowest BCUT2D eigenvalue weighted by Gasteiger charge is -2.08. The van der Waals surface area contributed by atoms with E-state index in [-0.39, 0.29) is 0 Å². The Balaban J connectivity index is 3.46. The zero-order valence-corrected chi connectivity index (χ0v) is 5.94. The highest BCUT2D eigenvalue weighted by Crippen LogP contribution is 2.34. The summed E-state index contributed by atoms with van der Waals surface area (Å²) in [6.45, 7) is -0.681. The van der Waals surface area contributed by atoms with Gasteiger partial charge in [0.15, 0.2) is 12.6 Å². The van der Waals surface area contributed by atoms with Gasteiger partial charge in [0.05, 0.1) is 6.61 Å². The van der Waals surface area contributed by atoms with E-state index in [1.54, 1.807) is 0 Å². The highest BCUT2D eigenvalue weighted by atomic mass is 31.2. The molecular weight excluding hydrogens is 163 g/mol. The maximum atomic E-state index is 10.0. The lowest BCUT2D eigenvalue weighted by Crippen LogP contribution is -2.16. The monoisotopic (exact) mass is 172 g/mol. The molecule has 1 unspecified atom stereocenters. The molecule has 0 aromatic heterocycles. The molecule has 4 N–H and O–H groups in total. The zero-order chi connectivity index (χ0) is 8.20. The van der Waals surface area contributed by atoms with Crippen LogP contribution < -0.4 is 0 Å². The van der Waals surface area contributed by atoms with Crippen LogP contribution in [0.2, 0.25) is 0 Å². The molecule has 0 saturated heterocycles. The second-order valence-electron chi connectivity index (χ2n) is 1.60. The molecule has 0 saturated carbocycles. The predicted molar refractivity (Wildman–Crippen MR) is 31.1 cm³/mol. The molecule has 0 radical (unpaired) electrons. The number of hydrogen-bond donors (Lipinski definition) is 4. The molecule has 1 atom stereocenters. The van der Waals surface area contributed by atoms with E-state index in [0.29, 0.717) is 0 Å². The van der Waals surface area contributed by atoms with Crippen LogP contribution in [0.1, 0.15) is 0 Å². The van der Waals surface area contributed by atoms with Gasteiger partial charge in [-0.05, 0) is 0 Å². The second-order valence-corrected chi connectivity index (χ2v) is 3.19. The van der Waals surface area contributed by atoms with Crippen molar-refractivity contribution < 1.29 is 29.3 Å². The average Bonchev–Trinajstić information content (AvgIpc) is 1.81. The molecule has 0 aromatic rings. The normalized spacial score (nSPS) is 15.2. The molecule has 0 fully saturated rings. The van der Waals surface area contributed by atoms with Gasteiger partial charge in [-0.1, -0.05) is 0 Å². The van der Waals surface area contributed by atoms with Crippen molar-refractivity contribution in [3.63, 3.8) is 0 Å². The van der Waals surface area contributed by atoms with Crippen molar-refractivity contribution in [2.75, 3.05) is 13.0 Å². The molecule has 6 nitrogen and oxygen atoms in total. The first kappa shape index (κ1) is 10.0. The molecule has 0 aliphatic rings. The maximum Gasteiger partial charge on any atom is 0.351 e. The van der Waals surface area contributed by atoms with Crippen LogP contribution >= 0.6 is 7.60 Å². The summed E-state index contributed by atoms with van der Waals surface area (Å²) in [7, 11) is -4.23. The molecule has 0 aliphatic heterocycles. The van der Waals surface area contributed by atoms with E-state index in [1.165, 1.54) is 0 Å². The molecule has 7 heteroatoms. The van der Waals surface area contributed by atoms with E-state index in [4.69, 9.17) is 20.0 Å². The predicted octanol–water partition coefficient (Wildman–Crippen LogP) is -1.55. The second kappa shape index (κ2) is 4.02. The summed E-state index contributed by atoms with van der Waals surface area (Å²) in [6, 6.07) is 0. The average molecular weight is 172 g/mol. The Labute approximate surface area is 57.2 Å². The summed E-state index contributed by atoms with van der Waals surface area (Å²) in [5, 5.41) is 16.5. The van der Waals surface area contributed by atoms with E-state index in [1.807, 2.05) is 0 Å². The summed E-state index contributed by atoms with van der Waals surface area (Å²) in [6.07, 6.45) is -2.40. The molecular formula is C3H9O6P. The molecule has 10 heavy (non-hydrogen) atoms. The van der Waals surface area contributed by atoms with Crippen molar-refractivity contribution in [2.45, 2.75) is 6.29 Å². The van der Waals surface area contributed by atoms with Gasteiger partial charge in [-0.2, -0.15) is 0 Å². The van der Waals surface area contributed by atoms with E-state index < -0.39 is 26.8 Å². The van der Waals surface area contributed by atoms with Gasteiger partial charge in [0.2, 0.25) is 0 Å². The van der Waals surface area contributed by atoms with E-state index in [9.17, 15) is 4.57 Å². The summed E-state index contributed by atoms with van der Waals surface area (Å²) < 4.78 is 14.1. The minimum absolute atomic E-state index is 0.681. The Morgan fingerprint density at radius 3 is 2.30 bits per heavy atom. The van der Waals surface area contributed by atoms with Gasteiger partial charge >= 0.3 is 7.60 Å². The number of aliphatic hydroxyl groups is 2. The molecule has 0 amide bonds. The summed E-state index contributed by atoms with van der Waals surface area (Å²) >= 11 is 0. The SMILES string of the molecule is O=P(O)(O)COC(O)CO. The van der Waals surface area contributed by atoms with E-state index in [0.717, 1.165) is 0 Å². The fourth-order valence-corrected chi connectivity index (χ4v) is 0.602. The maximum absolute atomic E-state index is 10.0. The quantitative estimate of drug-likeness (QED) is 0.302. The smallest absolute Gasteiger partial charge is 0.351 e. The third-order valence-electron chi connectivity index (χ3n) is 0.591. The van der Waals surface area contributed by atoms with Crippen LogP contribution in [0.5, 0.6) is 0 Å². The molecule has 0 heterocycles. The largest absolute Gasteiger partial charge is 0.391 e. The highest BCUT2D eigenvalue weighted by molar-refractivity contribution is 7.51. The summed E-state index contributed by atoms with van der Waals surface area (Å²) in [4.78, 5) is 16.3. The van der Waals surface area contributed by atoms with Gasteiger partial charge < -0.3 is 24.7 Å². The third-order valence-corrected chi connectivity index (χ3v) is 1.08. The van der Waals surface area contributed by atoms with Crippen LogP contribution in [0.25, 0.3) is 0 Å². The number of ether oxygens (including phenoxy) is 1. The number of rotatable bonds is 4. The number of aliphatic hydroxyl groups excluding tert-OH is 2. The van der Waals surface area contributed by atoms with Gasteiger partial charge in [-0.15, -0.1) is 0 Å². The summed E-state index contributed by atoms with van der Waals surface area (Å²) in [5.41, 5.74) is 0. The molecule has 62 valence electrons. The fraction of sp³-hybridized carbons (Fsp3) is 1.00. The van der Waals surface area contributed by atoms with Gasteiger partial charge in [-0.25, -0.2) is 0 Å². The third kappa shape index (κ3) is 6.15. The molecule has 0 aliphatic carbocycles. The van der Waals surface area contributed by atoms with Crippen LogP contribution in [0, 0.1) is 0 Å². The van der Waals surface area contributed by atoms with Gasteiger partial charge in [0.1, 0.15) is 0 Å². The topological polar surface area (TPSA) is 107 Å².